The van der Waals surface area contributed by atoms with Crippen molar-refractivity contribution in [3.63, 3.8) is 0 Å². The molecule has 1 amide bonds. The lowest BCUT2D eigenvalue weighted by molar-refractivity contribution is -0.116. The standard InChI is InChI=1S/C19H22N2O6S/c1-5-26-18(24)14-12(4)15(19(25)27-6-2)28-16(14)20-13(22)10-21-9-7-8-11(3)17(21)23/h7-9H,5-6,10H2,1-4H3,(H,20,22). The third kappa shape index (κ3) is 4.66. The molecule has 2 aromatic rings. The first-order valence-electron chi connectivity index (χ1n) is 8.73. The van der Waals surface area contributed by atoms with E-state index in [0.29, 0.717) is 11.1 Å². The molecule has 0 aliphatic carbocycles. The molecule has 0 unspecified atom stereocenters. The lowest BCUT2D eigenvalue weighted by atomic mass is 10.1. The zero-order valence-electron chi connectivity index (χ0n) is 16.2. The second kappa shape index (κ2) is 9.32. The second-order valence-corrected chi connectivity index (χ2v) is 6.89. The molecule has 0 bridgehead atoms. The smallest absolute Gasteiger partial charge is 0.348 e. The summed E-state index contributed by atoms with van der Waals surface area (Å²) in [6, 6.07) is 3.33. The van der Waals surface area contributed by atoms with Crippen molar-refractivity contribution in [3.05, 3.63) is 50.3 Å². The van der Waals surface area contributed by atoms with Crippen molar-refractivity contribution in [2.24, 2.45) is 0 Å². The van der Waals surface area contributed by atoms with Gasteiger partial charge in [0.15, 0.2) is 0 Å². The number of thiophene rings is 1. The number of carbonyl (C=O) groups excluding carboxylic acids is 3. The van der Waals surface area contributed by atoms with E-state index in [0.717, 1.165) is 11.3 Å². The van der Waals surface area contributed by atoms with Gasteiger partial charge < -0.3 is 19.4 Å². The van der Waals surface area contributed by atoms with Gasteiger partial charge in [0.1, 0.15) is 16.4 Å². The Balaban J connectivity index is 2.34. The Morgan fingerprint density at radius 1 is 1.11 bits per heavy atom. The largest absolute Gasteiger partial charge is 0.462 e. The van der Waals surface area contributed by atoms with Crippen LogP contribution in [0, 0.1) is 13.8 Å². The Labute approximate surface area is 166 Å². The molecule has 0 radical (unpaired) electrons. The molecule has 0 saturated carbocycles. The van der Waals surface area contributed by atoms with E-state index in [1.807, 2.05) is 0 Å². The van der Waals surface area contributed by atoms with Crippen molar-refractivity contribution < 1.29 is 23.9 Å². The number of nitrogens with one attached hydrogen (secondary N) is 1. The molecule has 2 rings (SSSR count). The van der Waals surface area contributed by atoms with Crippen LogP contribution in [0.2, 0.25) is 0 Å². The van der Waals surface area contributed by atoms with Crippen molar-refractivity contribution in [2.45, 2.75) is 34.2 Å². The van der Waals surface area contributed by atoms with Crippen LogP contribution in [0.3, 0.4) is 0 Å². The van der Waals surface area contributed by atoms with E-state index < -0.39 is 17.8 Å². The Morgan fingerprint density at radius 3 is 2.39 bits per heavy atom. The summed E-state index contributed by atoms with van der Waals surface area (Å²) in [7, 11) is 0. The Kier molecular flexibility index (Phi) is 7.11. The van der Waals surface area contributed by atoms with Crippen molar-refractivity contribution in [1.29, 1.82) is 0 Å². The number of esters is 2. The van der Waals surface area contributed by atoms with Crippen LogP contribution in [0.1, 0.15) is 45.0 Å². The summed E-state index contributed by atoms with van der Waals surface area (Å²) < 4.78 is 11.3. The average molecular weight is 406 g/mol. The third-order valence-corrected chi connectivity index (χ3v) is 5.05. The topological polar surface area (TPSA) is 104 Å². The monoisotopic (exact) mass is 406 g/mol. The van der Waals surface area contributed by atoms with Gasteiger partial charge in [0.2, 0.25) is 5.91 Å². The summed E-state index contributed by atoms with van der Waals surface area (Å²) in [5.74, 6) is -1.73. The van der Waals surface area contributed by atoms with E-state index in [2.05, 4.69) is 5.32 Å². The molecule has 9 heteroatoms. The maximum atomic E-state index is 12.5. The molecular weight excluding hydrogens is 384 g/mol. The van der Waals surface area contributed by atoms with Gasteiger partial charge in [-0.2, -0.15) is 0 Å². The molecule has 1 N–H and O–H groups in total. The minimum Gasteiger partial charge on any atom is -0.462 e. The fourth-order valence-corrected chi connectivity index (χ4v) is 3.65. The molecule has 0 aliphatic heterocycles. The van der Waals surface area contributed by atoms with E-state index in [-0.39, 0.29) is 40.8 Å². The van der Waals surface area contributed by atoms with E-state index in [1.165, 1.54) is 10.8 Å². The normalized spacial score (nSPS) is 10.4. The van der Waals surface area contributed by atoms with Gasteiger partial charge in [0, 0.05) is 11.8 Å². The molecule has 0 fully saturated rings. The molecule has 2 aromatic heterocycles. The fraction of sp³-hybridized carbons (Fsp3) is 0.368. The molecule has 8 nitrogen and oxygen atoms in total. The Bertz CT molecular complexity index is 960. The third-order valence-electron chi connectivity index (χ3n) is 3.86. The highest BCUT2D eigenvalue weighted by atomic mass is 32.1. The first kappa shape index (κ1) is 21.4. The van der Waals surface area contributed by atoms with Gasteiger partial charge in [-0.15, -0.1) is 11.3 Å². The minimum absolute atomic E-state index is 0.111. The molecule has 0 spiro atoms. The van der Waals surface area contributed by atoms with Gasteiger partial charge in [-0.3, -0.25) is 9.59 Å². The summed E-state index contributed by atoms with van der Waals surface area (Å²) in [5, 5.41) is 2.80. The molecule has 2 heterocycles. The predicted octanol–water partition coefficient (Wildman–Crippen LogP) is 2.52. The van der Waals surface area contributed by atoms with E-state index in [1.54, 1.807) is 39.8 Å². The van der Waals surface area contributed by atoms with E-state index in [4.69, 9.17) is 9.47 Å². The van der Waals surface area contributed by atoms with Gasteiger partial charge >= 0.3 is 11.9 Å². The fourth-order valence-electron chi connectivity index (χ4n) is 2.54. The van der Waals surface area contributed by atoms with Crippen LogP contribution in [0.5, 0.6) is 0 Å². The number of amides is 1. The molecule has 28 heavy (non-hydrogen) atoms. The minimum atomic E-state index is -0.644. The number of hydrogen-bond acceptors (Lipinski definition) is 7. The van der Waals surface area contributed by atoms with Gasteiger partial charge in [0.05, 0.1) is 18.8 Å². The zero-order chi connectivity index (χ0) is 20.8. The first-order valence-corrected chi connectivity index (χ1v) is 9.55. The maximum Gasteiger partial charge on any atom is 0.348 e. The van der Waals surface area contributed by atoms with Crippen LogP contribution in [0.15, 0.2) is 23.1 Å². The Morgan fingerprint density at radius 2 is 1.75 bits per heavy atom. The van der Waals surface area contributed by atoms with Crippen molar-refractivity contribution >= 4 is 34.2 Å². The summed E-state index contributed by atoms with van der Waals surface area (Å²) in [6.45, 7) is 6.69. The van der Waals surface area contributed by atoms with Crippen molar-refractivity contribution in [1.82, 2.24) is 4.57 Å². The van der Waals surface area contributed by atoms with Gasteiger partial charge in [-0.25, -0.2) is 9.59 Å². The van der Waals surface area contributed by atoms with Crippen LogP contribution >= 0.6 is 11.3 Å². The number of aromatic nitrogens is 1. The molecule has 0 saturated heterocycles. The number of pyridine rings is 1. The molecule has 150 valence electrons. The number of rotatable bonds is 7. The molecule has 0 atom stereocenters. The number of anilines is 1. The number of aryl methyl sites for hydroxylation is 1. The quantitative estimate of drug-likeness (QED) is 0.709. The second-order valence-electron chi connectivity index (χ2n) is 5.87. The summed E-state index contributed by atoms with van der Waals surface area (Å²) in [6.07, 6.45) is 1.50. The maximum absolute atomic E-state index is 12.5. The number of nitrogens with zero attached hydrogens (tertiary/aromatic N) is 1. The summed E-state index contributed by atoms with van der Waals surface area (Å²) in [5.41, 5.74) is 0.724. The van der Waals surface area contributed by atoms with Crippen LogP contribution in [0.4, 0.5) is 5.00 Å². The molecule has 0 aliphatic rings. The lowest BCUT2D eigenvalue weighted by Gasteiger charge is -2.09. The van der Waals surface area contributed by atoms with Crippen LogP contribution in [-0.2, 0) is 20.8 Å². The average Bonchev–Trinajstić information content (AvgIpc) is 2.95. The first-order chi connectivity index (χ1) is 13.3. The Hall–Kier alpha value is -2.94. The van der Waals surface area contributed by atoms with Gasteiger partial charge in [0.25, 0.3) is 5.56 Å². The molecule has 0 aromatic carbocycles. The van der Waals surface area contributed by atoms with Gasteiger partial charge in [-0.1, -0.05) is 6.07 Å². The lowest BCUT2D eigenvalue weighted by Crippen LogP contribution is -2.28. The van der Waals surface area contributed by atoms with Crippen LogP contribution in [0.25, 0.3) is 0 Å². The highest BCUT2D eigenvalue weighted by Gasteiger charge is 2.27. The van der Waals surface area contributed by atoms with Crippen molar-refractivity contribution in [3.8, 4) is 0 Å². The number of carbonyl (C=O) groups is 3. The SMILES string of the molecule is CCOC(=O)c1sc(NC(=O)Cn2cccc(C)c2=O)c(C(=O)OCC)c1C. The number of ether oxygens (including phenoxy) is 2. The summed E-state index contributed by atoms with van der Waals surface area (Å²) in [4.78, 5) is 49.3. The van der Waals surface area contributed by atoms with E-state index >= 15 is 0 Å². The zero-order valence-corrected chi connectivity index (χ0v) is 17.0. The molecular formula is C19H22N2O6S. The van der Waals surface area contributed by atoms with Crippen LogP contribution < -0.4 is 10.9 Å². The predicted molar refractivity (Wildman–Crippen MR) is 105 cm³/mol. The van der Waals surface area contributed by atoms with Crippen molar-refractivity contribution in [2.75, 3.05) is 18.5 Å². The van der Waals surface area contributed by atoms with E-state index in [9.17, 15) is 19.2 Å². The van der Waals surface area contributed by atoms with Gasteiger partial charge in [-0.05, 0) is 39.3 Å². The summed E-state index contributed by atoms with van der Waals surface area (Å²) >= 11 is 0.940. The highest BCUT2D eigenvalue weighted by Crippen LogP contribution is 2.34. The van der Waals surface area contributed by atoms with Crippen LogP contribution in [-0.4, -0.2) is 35.6 Å². The number of hydrogen-bond donors (Lipinski definition) is 1. The highest BCUT2D eigenvalue weighted by molar-refractivity contribution is 7.18.